The van der Waals surface area contributed by atoms with Crippen molar-refractivity contribution in [3.8, 4) is 5.75 Å². The van der Waals surface area contributed by atoms with Crippen molar-refractivity contribution in [3.05, 3.63) is 23.8 Å². The van der Waals surface area contributed by atoms with Gasteiger partial charge in [-0.15, -0.1) is 0 Å². The largest absolute Gasteiger partial charge is 0.496 e. The lowest BCUT2D eigenvalue weighted by Gasteiger charge is -2.07. The van der Waals surface area contributed by atoms with E-state index in [1.54, 1.807) is 0 Å². The number of ether oxygens (including phenoxy) is 1. The summed E-state index contributed by atoms with van der Waals surface area (Å²) in [5.41, 5.74) is 0.566. The maximum atomic E-state index is 10.8. The maximum absolute atomic E-state index is 10.8. The minimum absolute atomic E-state index is 0.0617. The number of carbonyl (C=O) groups excluding carboxylic acids is 1. The average Bonchev–Trinajstić information content (AvgIpc) is 2.16. The van der Waals surface area contributed by atoms with E-state index in [-0.39, 0.29) is 17.2 Å². The Morgan fingerprint density at radius 1 is 1.40 bits per heavy atom. The fourth-order valence-electron chi connectivity index (χ4n) is 1.15. The van der Waals surface area contributed by atoms with E-state index in [0.717, 1.165) is 0 Å². The van der Waals surface area contributed by atoms with Gasteiger partial charge in [-0.05, 0) is 12.1 Å². The monoisotopic (exact) mass is 209 g/mol. The number of carboxylic acids is 1. The van der Waals surface area contributed by atoms with Crippen molar-refractivity contribution in [2.75, 3.05) is 12.4 Å². The molecule has 1 amide bonds. The molecule has 0 heterocycles. The lowest BCUT2D eigenvalue weighted by atomic mass is 10.2. The van der Waals surface area contributed by atoms with E-state index in [1.165, 1.54) is 32.2 Å². The summed E-state index contributed by atoms with van der Waals surface area (Å²) in [6, 6.07) is 4.35. The maximum Gasteiger partial charge on any atom is 0.339 e. The predicted octanol–water partition coefficient (Wildman–Crippen LogP) is 1.35. The number of carboxylic acid groups (broad SMARTS) is 1. The Kier molecular flexibility index (Phi) is 3.28. The van der Waals surface area contributed by atoms with Crippen molar-refractivity contribution in [2.45, 2.75) is 6.92 Å². The van der Waals surface area contributed by atoms with Crippen molar-refractivity contribution in [1.82, 2.24) is 0 Å². The molecule has 0 saturated carbocycles. The molecule has 0 saturated heterocycles. The number of anilines is 1. The Bertz CT molecular complexity index is 400. The fraction of sp³-hybridized carbons (Fsp3) is 0.200. The first-order valence-corrected chi connectivity index (χ1v) is 4.23. The highest BCUT2D eigenvalue weighted by atomic mass is 16.5. The molecule has 15 heavy (non-hydrogen) atoms. The number of carbonyl (C=O) groups is 2. The van der Waals surface area contributed by atoms with Crippen LogP contribution in [0.15, 0.2) is 18.2 Å². The van der Waals surface area contributed by atoms with Crippen LogP contribution in [0.4, 0.5) is 5.69 Å². The molecule has 0 aliphatic rings. The number of benzene rings is 1. The molecule has 0 aliphatic heterocycles. The summed E-state index contributed by atoms with van der Waals surface area (Å²) in [6.07, 6.45) is 0. The summed E-state index contributed by atoms with van der Waals surface area (Å²) < 4.78 is 4.90. The van der Waals surface area contributed by atoms with Crippen LogP contribution in [-0.2, 0) is 4.79 Å². The van der Waals surface area contributed by atoms with E-state index in [1.807, 2.05) is 0 Å². The Labute approximate surface area is 86.7 Å². The van der Waals surface area contributed by atoms with Crippen LogP contribution >= 0.6 is 0 Å². The second-order valence-corrected chi connectivity index (χ2v) is 2.90. The van der Waals surface area contributed by atoms with Crippen LogP contribution in [0.25, 0.3) is 0 Å². The second kappa shape index (κ2) is 4.45. The van der Waals surface area contributed by atoms with Crippen LogP contribution in [0.3, 0.4) is 0 Å². The van der Waals surface area contributed by atoms with Gasteiger partial charge in [0.15, 0.2) is 0 Å². The number of methoxy groups -OCH3 is 1. The average molecular weight is 209 g/mol. The standard InChI is InChI=1S/C10H11NO4/c1-6(12)11-7-3-4-8(10(13)14)9(5-7)15-2/h3-5H,1-2H3,(H,11,12)(H,13,14). The minimum atomic E-state index is -1.07. The molecule has 0 spiro atoms. The summed E-state index contributed by atoms with van der Waals surface area (Å²) in [7, 11) is 1.37. The Morgan fingerprint density at radius 2 is 2.07 bits per heavy atom. The van der Waals surface area contributed by atoms with Gasteiger partial charge in [-0.1, -0.05) is 0 Å². The molecule has 5 heteroatoms. The molecule has 0 atom stereocenters. The zero-order valence-corrected chi connectivity index (χ0v) is 8.40. The zero-order chi connectivity index (χ0) is 11.4. The minimum Gasteiger partial charge on any atom is -0.496 e. The molecule has 0 fully saturated rings. The molecule has 0 aromatic heterocycles. The van der Waals surface area contributed by atoms with E-state index in [4.69, 9.17) is 9.84 Å². The van der Waals surface area contributed by atoms with Gasteiger partial charge in [0.25, 0.3) is 0 Å². The molecule has 1 rings (SSSR count). The first kappa shape index (κ1) is 11.0. The third kappa shape index (κ3) is 2.70. The summed E-state index contributed by atoms with van der Waals surface area (Å²) in [5, 5.41) is 11.3. The summed E-state index contributed by atoms with van der Waals surface area (Å²) in [4.78, 5) is 21.5. The molecule has 80 valence electrons. The number of rotatable bonds is 3. The van der Waals surface area contributed by atoms with Gasteiger partial charge in [-0.2, -0.15) is 0 Å². The van der Waals surface area contributed by atoms with Gasteiger partial charge in [0.05, 0.1) is 7.11 Å². The number of aromatic carboxylic acids is 1. The number of hydrogen-bond acceptors (Lipinski definition) is 3. The van der Waals surface area contributed by atoms with Gasteiger partial charge in [0.1, 0.15) is 11.3 Å². The Balaban J connectivity index is 3.07. The molecule has 0 bridgehead atoms. The van der Waals surface area contributed by atoms with Gasteiger partial charge in [-0.3, -0.25) is 4.79 Å². The van der Waals surface area contributed by atoms with Crippen LogP contribution in [0.5, 0.6) is 5.75 Å². The normalized spacial score (nSPS) is 9.47. The van der Waals surface area contributed by atoms with Crippen molar-refractivity contribution in [3.63, 3.8) is 0 Å². The lowest BCUT2D eigenvalue weighted by molar-refractivity contribution is -0.114. The number of hydrogen-bond donors (Lipinski definition) is 2. The molecule has 1 aromatic carbocycles. The quantitative estimate of drug-likeness (QED) is 0.787. The van der Waals surface area contributed by atoms with Gasteiger partial charge in [-0.25, -0.2) is 4.79 Å². The number of nitrogens with one attached hydrogen (secondary N) is 1. The van der Waals surface area contributed by atoms with Crippen LogP contribution in [0.2, 0.25) is 0 Å². The van der Waals surface area contributed by atoms with Crippen molar-refractivity contribution in [2.24, 2.45) is 0 Å². The van der Waals surface area contributed by atoms with Crippen LogP contribution < -0.4 is 10.1 Å². The van der Waals surface area contributed by atoms with E-state index >= 15 is 0 Å². The van der Waals surface area contributed by atoms with Crippen molar-refractivity contribution < 1.29 is 19.4 Å². The fourth-order valence-corrected chi connectivity index (χ4v) is 1.15. The summed E-state index contributed by atoms with van der Waals surface area (Å²) in [5.74, 6) is -1.07. The first-order chi connectivity index (χ1) is 7.04. The van der Waals surface area contributed by atoms with Crippen molar-refractivity contribution in [1.29, 1.82) is 0 Å². The van der Waals surface area contributed by atoms with Gasteiger partial charge in [0.2, 0.25) is 5.91 Å². The number of amides is 1. The molecule has 0 radical (unpaired) electrons. The van der Waals surface area contributed by atoms with E-state index < -0.39 is 5.97 Å². The SMILES string of the molecule is COc1cc(NC(C)=O)ccc1C(=O)O. The third-order valence-electron chi connectivity index (χ3n) is 1.75. The second-order valence-electron chi connectivity index (χ2n) is 2.90. The highest BCUT2D eigenvalue weighted by Crippen LogP contribution is 2.22. The van der Waals surface area contributed by atoms with Gasteiger partial charge >= 0.3 is 5.97 Å². The molecule has 0 unspecified atom stereocenters. The topological polar surface area (TPSA) is 75.6 Å². The Hall–Kier alpha value is -2.04. The summed E-state index contributed by atoms with van der Waals surface area (Å²) >= 11 is 0. The lowest BCUT2D eigenvalue weighted by Crippen LogP contribution is -2.07. The van der Waals surface area contributed by atoms with Crippen LogP contribution in [-0.4, -0.2) is 24.1 Å². The molecule has 5 nitrogen and oxygen atoms in total. The molecular formula is C10H11NO4. The van der Waals surface area contributed by atoms with Crippen molar-refractivity contribution >= 4 is 17.6 Å². The van der Waals surface area contributed by atoms with E-state index in [9.17, 15) is 9.59 Å². The highest BCUT2D eigenvalue weighted by Gasteiger charge is 2.11. The molecule has 0 aliphatic carbocycles. The van der Waals surface area contributed by atoms with Crippen LogP contribution in [0, 0.1) is 0 Å². The van der Waals surface area contributed by atoms with E-state index in [0.29, 0.717) is 5.69 Å². The third-order valence-corrected chi connectivity index (χ3v) is 1.75. The predicted molar refractivity (Wildman–Crippen MR) is 54.3 cm³/mol. The van der Waals surface area contributed by atoms with Crippen LogP contribution in [0.1, 0.15) is 17.3 Å². The van der Waals surface area contributed by atoms with E-state index in [2.05, 4.69) is 5.32 Å². The smallest absolute Gasteiger partial charge is 0.339 e. The highest BCUT2D eigenvalue weighted by molar-refractivity contribution is 5.93. The zero-order valence-electron chi connectivity index (χ0n) is 8.40. The van der Waals surface area contributed by atoms with Gasteiger partial charge in [0, 0.05) is 18.7 Å². The molecule has 1 aromatic rings. The first-order valence-electron chi connectivity index (χ1n) is 4.23. The molecule has 2 N–H and O–H groups in total. The molecular weight excluding hydrogens is 198 g/mol. The van der Waals surface area contributed by atoms with Gasteiger partial charge < -0.3 is 15.2 Å². The summed E-state index contributed by atoms with van der Waals surface area (Å²) in [6.45, 7) is 1.37. The Morgan fingerprint density at radius 3 is 2.53 bits per heavy atom.